The third-order valence-corrected chi connectivity index (χ3v) is 8.19. The van der Waals surface area contributed by atoms with Gasteiger partial charge < -0.3 is 14.6 Å². The monoisotopic (exact) mass is 368 g/mol. The van der Waals surface area contributed by atoms with Gasteiger partial charge >= 0.3 is 5.97 Å². The summed E-state index contributed by atoms with van der Waals surface area (Å²) in [6.45, 7) is 0. The molecule has 0 aromatic carbocycles. The van der Waals surface area contributed by atoms with Crippen molar-refractivity contribution >= 4 is 17.7 Å². The zero-order valence-electron chi connectivity index (χ0n) is 15.1. The molecule has 5 heteroatoms. The Bertz CT molecular complexity index is 465. The summed E-state index contributed by atoms with van der Waals surface area (Å²) in [5.41, 5.74) is 0. The van der Waals surface area contributed by atoms with Gasteiger partial charge in [-0.2, -0.15) is 11.8 Å². The molecule has 0 aromatic rings. The molecule has 3 saturated heterocycles. The van der Waals surface area contributed by atoms with Gasteiger partial charge in [-0.15, -0.1) is 0 Å². The van der Waals surface area contributed by atoms with Crippen LogP contribution in [0.25, 0.3) is 0 Å². The van der Waals surface area contributed by atoms with Gasteiger partial charge in [0.2, 0.25) is 0 Å². The van der Waals surface area contributed by atoms with Gasteiger partial charge in [0.1, 0.15) is 12.2 Å². The lowest BCUT2D eigenvalue weighted by Gasteiger charge is -2.28. The summed E-state index contributed by atoms with van der Waals surface area (Å²) in [4.78, 5) is 10.6. The molecule has 3 heterocycles. The highest BCUT2D eigenvalue weighted by molar-refractivity contribution is 7.99. The van der Waals surface area contributed by atoms with E-state index in [1.165, 1.54) is 50.7 Å². The van der Waals surface area contributed by atoms with E-state index in [9.17, 15) is 4.79 Å². The maximum absolute atomic E-state index is 10.6. The number of epoxide rings is 1. The highest BCUT2D eigenvalue weighted by atomic mass is 32.2. The van der Waals surface area contributed by atoms with Crippen molar-refractivity contribution in [1.29, 1.82) is 0 Å². The molecule has 0 radical (unpaired) electrons. The Labute approximate surface area is 155 Å². The molecular weight excluding hydrogens is 336 g/mol. The van der Waals surface area contributed by atoms with Crippen LogP contribution >= 0.6 is 11.8 Å². The van der Waals surface area contributed by atoms with E-state index in [2.05, 4.69) is 11.8 Å². The summed E-state index contributed by atoms with van der Waals surface area (Å²) >= 11 is 2.21. The van der Waals surface area contributed by atoms with E-state index in [1.54, 1.807) is 0 Å². The molecule has 142 valence electrons. The Morgan fingerprint density at radius 3 is 2.32 bits per heavy atom. The van der Waals surface area contributed by atoms with Crippen molar-refractivity contribution in [2.75, 3.05) is 5.75 Å². The number of hydrogen-bond acceptors (Lipinski definition) is 4. The molecule has 0 aromatic heterocycles. The third-order valence-electron chi connectivity index (χ3n) is 6.67. The van der Waals surface area contributed by atoms with Gasteiger partial charge in [0, 0.05) is 17.6 Å². The molecule has 6 atom stereocenters. The van der Waals surface area contributed by atoms with Crippen molar-refractivity contribution < 1.29 is 19.4 Å². The van der Waals surface area contributed by atoms with Crippen LogP contribution < -0.4 is 0 Å². The highest BCUT2D eigenvalue weighted by Crippen LogP contribution is 2.56. The van der Waals surface area contributed by atoms with E-state index >= 15 is 0 Å². The van der Waals surface area contributed by atoms with Gasteiger partial charge in [0.25, 0.3) is 0 Å². The first-order valence-electron chi connectivity index (χ1n) is 10.4. The molecular formula is C20H32O4S. The Morgan fingerprint density at radius 2 is 1.56 bits per heavy atom. The standard InChI is InChI=1S/C20H32O4S/c21-16(22)11-7-2-1-6-10-14-15(12-25-13-8-4-3-5-9-13)18-20-19(24-20)17(14)23-18/h13-15,17-20H,1-12H2,(H,21,22)/t14-,15+,17+,18-,19-,20+/m0/s1. The second-order valence-corrected chi connectivity index (χ2v) is 9.73. The number of rotatable bonds is 10. The fourth-order valence-electron chi connectivity index (χ4n) is 5.26. The van der Waals surface area contributed by atoms with Crippen LogP contribution in [0.1, 0.15) is 70.6 Å². The van der Waals surface area contributed by atoms with Crippen LogP contribution in [-0.2, 0) is 14.3 Å². The molecule has 0 spiro atoms. The van der Waals surface area contributed by atoms with Crippen LogP contribution in [0.4, 0.5) is 0 Å². The molecule has 4 rings (SSSR count). The maximum Gasteiger partial charge on any atom is 0.303 e. The van der Waals surface area contributed by atoms with E-state index in [0.29, 0.717) is 42.7 Å². The molecule has 1 saturated carbocycles. The van der Waals surface area contributed by atoms with Gasteiger partial charge in [0.15, 0.2) is 0 Å². The number of unbranched alkanes of at least 4 members (excludes halogenated alkanes) is 3. The number of fused-ring (bicyclic) bond motifs is 5. The van der Waals surface area contributed by atoms with E-state index in [0.717, 1.165) is 24.5 Å². The first kappa shape index (κ1) is 18.1. The van der Waals surface area contributed by atoms with Crippen molar-refractivity contribution in [3.63, 3.8) is 0 Å². The predicted molar refractivity (Wildman–Crippen MR) is 99.0 cm³/mol. The maximum atomic E-state index is 10.6. The Balaban J connectivity index is 1.22. The van der Waals surface area contributed by atoms with Gasteiger partial charge in [-0.25, -0.2) is 0 Å². The van der Waals surface area contributed by atoms with E-state index in [1.807, 2.05) is 0 Å². The number of carboxylic acid groups (broad SMARTS) is 1. The van der Waals surface area contributed by atoms with Crippen molar-refractivity contribution in [3.05, 3.63) is 0 Å². The summed E-state index contributed by atoms with van der Waals surface area (Å²) in [6, 6.07) is 0. The van der Waals surface area contributed by atoms with Crippen LogP contribution in [0.3, 0.4) is 0 Å². The summed E-state index contributed by atoms with van der Waals surface area (Å²) in [6.07, 6.45) is 14.4. The second-order valence-electron chi connectivity index (χ2n) is 8.40. The van der Waals surface area contributed by atoms with Crippen molar-refractivity contribution in [3.8, 4) is 0 Å². The minimum absolute atomic E-state index is 0.315. The third kappa shape index (κ3) is 4.19. The quantitative estimate of drug-likeness (QED) is 0.461. The Kier molecular flexibility index (Phi) is 5.93. The highest BCUT2D eigenvalue weighted by Gasteiger charge is 2.68. The van der Waals surface area contributed by atoms with Crippen LogP contribution in [0.2, 0.25) is 0 Å². The lowest BCUT2D eigenvalue weighted by Crippen LogP contribution is -2.34. The zero-order valence-corrected chi connectivity index (χ0v) is 15.9. The lowest BCUT2D eigenvalue weighted by molar-refractivity contribution is -0.137. The molecule has 3 aliphatic heterocycles. The smallest absolute Gasteiger partial charge is 0.303 e. The summed E-state index contributed by atoms with van der Waals surface area (Å²) < 4.78 is 12.2. The first-order chi connectivity index (χ1) is 12.2. The lowest BCUT2D eigenvalue weighted by atomic mass is 9.77. The zero-order chi connectivity index (χ0) is 17.2. The predicted octanol–water partition coefficient (Wildman–Crippen LogP) is 4.26. The average molecular weight is 369 g/mol. The van der Waals surface area contributed by atoms with Crippen LogP contribution in [0, 0.1) is 11.8 Å². The van der Waals surface area contributed by atoms with Crippen molar-refractivity contribution in [2.45, 2.75) is 100 Å². The summed E-state index contributed by atoms with van der Waals surface area (Å²) in [7, 11) is 0. The number of carboxylic acids is 1. The van der Waals surface area contributed by atoms with Crippen LogP contribution in [0.15, 0.2) is 0 Å². The molecule has 1 N–H and O–H groups in total. The van der Waals surface area contributed by atoms with Crippen molar-refractivity contribution in [2.24, 2.45) is 11.8 Å². The van der Waals surface area contributed by atoms with Crippen LogP contribution in [-0.4, -0.2) is 46.5 Å². The largest absolute Gasteiger partial charge is 0.481 e. The Hall–Kier alpha value is -0.260. The summed E-state index contributed by atoms with van der Waals surface area (Å²) in [5, 5.41) is 9.59. The topological polar surface area (TPSA) is 59.1 Å². The normalized spacial score (nSPS) is 39.5. The minimum Gasteiger partial charge on any atom is -0.481 e. The van der Waals surface area contributed by atoms with Gasteiger partial charge in [-0.1, -0.05) is 38.5 Å². The Morgan fingerprint density at radius 1 is 0.880 bits per heavy atom. The van der Waals surface area contributed by atoms with Gasteiger partial charge in [-0.05, 0) is 37.4 Å². The summed E-state index contributed by atoms with van der Waals surface area (Å²) in [5.74, 6) is 1.93. The fraction of sp³-hybridized carbons (Fsp3) is 0.950. The van der Waals surface area contributed by atoms with Crippen LogP contribution in [0.5, 0.6) is 0 Å². The number of thioether (sulfide) groups is 1. The van der Waals surface area contributed by atoms with Crippen molar-refractivity contribution in [1.82, 2.24) is 0 Å². The molecule has 25 heavy (non-hydrogen) atoms. The molecule has 4 fully saturated rings. The SMILES string of the molecule is O=C(O)CCCCCC[C@H]1[C@@H](CSC2CCCCC2)[C@@H]2O[C@H]1[C@@H]1O[C@@H]12. The first-order valence-corrected chi connectivity index (χ1v) is 11.4. The number of ether oxygens (including phenoxy) is 2. The van der Waals surface area contributed by atoms with Gasteiger partial charge in [0.05, 0.1) is 12.2 Å². The van der Waals surface area contributed by atoms with E-state index in [4.69, 9.17) is 14.6 Å². The average Bonchev–Trinajstić information content (AvgIpc) is 3.24. The number of aliphatic carboxylic acids is 1. The van der Waals surface area contributed by atoms with E-state index in [-0.39, 0.29) is 0 Å². The molecule has 1 aliphatic carbocycles. The van der Waals surface area contributed by atoms with Gasteiger partial charge in [-0.3, -0.25) is 4.79 Å². The molecule has 0 amide bonds. The molecule has 0 unspecified atom stereocenters. The molecule has 2 bridgehead atoms. The second kappa shape index (κ2) is 8.18. The molecule has 4 aliphatic rings. The number of hydrogen-bond donors (Lipinski definition) is 1. The van der Waals surface area contributed by atoms with E-state index < -0.39 is 5.97 Å². The molecule has 4 nitrogen and oxygen atoms in total. The number of carbonyl (C=O) groups is 1. The fourth-order valence-corrected chi connectivity index (χ4v) is 6.86. The minimum atomic E-state index is -0.668.